The van der Waals surface area contributed by atoms with Crippen LogP contribution in [0.3, 0.4) is 0 Å². The Bertz CT molecular complexity index is 548. The minimum Gasteiger partial charge on any atom is -0.385 e. The fraction of sp³-hybridized carbons (Fsp3) is 0.667. The van der Waals surface area contributed by atoms with Gasteiger partial charge in [0, 0.05) is 38.6 Å². The lowest BCUT2D eigenvalue weighted by Gasteiger charge is -2.44. The summed E-state index contributed by atoms with van der Waals surface area (Å²) in [5.41, 5.74) is -0.124. The fourth-order valence-corrected chi connectivity index (χ4v) is 4.14. The lowest BCUT2D eigenvalue weighted by molar-refractivity contribution is -0.0684. The predicted octanol–water partition coefficient (Wildman–Crippen LogP) is 3.10. The van der Waals surface area contributed by atoms with Crippen LogP contribution in [0.25, 0.3) is 0 Å². The molecule has 0 spiro atoms. The predicted molar refractivity (Wildman–Crippen MR) is 91.2 cm³/mol. The summed E-state index contributed by atoms with van der Waals surface area (Å²) in [5.74, 6) is -0.244. The van der Waals surface area contributed by atoms with Crippen molar-refractivity contribution in [1.82, 2.24) is 9.80 Å². The van der Waals surface area contributed by atoms with Crippen LogP contribution in [-0.2, 0) is 5.60 Å². The van der Waals surface area contributed by atoms with Crippen LogP contribution >= 0.6 is 11.6 Å². The summed E-state index contributed by atoms with van der Waals surface area (Å²) in [6, 6.07) is 4.68. The van der Waals surface area contributed by atoms with Crippen LogP contribution in [0.2, 0.25) is 5.02 Å². The topological polar surface area (TPSA) is 26.7 Å². The summed E-state index contributed by atoms with van der Waals surface area (Å²) in [5, 5.41) is 11.5. The Morgan fingerprint density at radius 1 is 1.26 bits per heavy atom. The van der Waals surface area contributed by atoms with Gasteiger partial charge in [0.25, 0.3) is 0 Å². The van der Waals surface area contributed by atoms with E-state index in [1.54, 1.807) is 12.1 Å². The summed E-state index contributed by atoms with van der Waals surface area (Å²) in [4.78, 5) is 4.79. The van der Waals surface area contributed by atoms with Gasteiger partial charge in [-0.3, -0.25) is 0 Å². The number of likely N-dealkylation sites (N-methyl/N-ethyl adjacent to an activating group) is 1. The van der Waals surface area contributed by atoms with Crippen molar-refractivity contribution in [2.24, 2.45) is 5.92 Å². The first kappa shape index (κ1) is 17.2. The first-order valence-electron chi connectivity index (χ1n) is 8.58. The highest BCUT2D eigenvalue weighted by Gasteiger charge is 2.41. The number of hydrogen-bond acceptors (Lipinski definition) is 3. The van der Waals surface area contributed by atoms with E-state index in [0.29, 0.717) is 0 Å². The summed E-state index contributed by atoms with van der Waals surface area (Å²) in [6.45, 7) is 5.15. The summed E-state index contributed by atoms with van der Waals surface area (Å²) < 4.78 is 13.5. The van der Waals surface area contributed by atoms with Crippen LogP contribution < -0.4 is 0 Å². The van der Waals surface area contributed by atoms with Gasteiger partial charge >= 0.3 is 0 Å². The van der Waals surface area contributed by atoms with E-state index in [2.05, 4.69) is 16.8 Å². The third-order valence-corrected chi connectivity index (χ3v) is 5.82. The monoisotopic (exact) mass is 340 g/mol. The zero-order valence-electron chi connectivity index (χ0n) is 13.8. The van der Waals surface area contributed by atoms with Crippen LogP contribution in [0.15, 0.2) is 18.2 Å². The molecule has 0 amide bonds. The van der Waals surface area contributed by atoms with E-state index in [-0.39, 0.29) is 10.9 Å². The molecule has 1 aliphatic heterocycles. The summed E-state index contributed by atoms with van der Waals surface area (Å²) >= 11 is 5.95. The van der Waals surface area contributed by atoms with Gasteiger partial charge in [-0.25, -0.2) is 4.39 Å². The Kier molecular flexibility index (Phi) is 5.26. The third-order valence-electron chi connectivity index (χ3n) is 5.53. The number of benzene rings is 1. The molecule has 2 atom stereocenters. The third kappa shape index (κ3) is 3.71. The molecule has 3 nitrogen and oxygen atoms in total. The van der Waals surface area contributed by atoms with Gasteiger partial charge in [0.05, 0.1) is 10.6 Å². The molecule has 0 radical (unpaired) electrons. The zero-order valence-corrected chi connectivity index (χ0v) is 14.5. The maximum Gasteiger partial charge on any atom is 0.141 e. The van der Waals surface area contributed by atoms with Crippen molar-refractivity contribution >= 4 is 11.6 Å². The van der Waals surface area contributed by atoms with Gasteiger partial charge in [-0.05, 0) is 37.6 Å². The Balaban J connectivity index is 1.78. The van der Waals surface area contributed by atoms with Gasteiger partial charge in [0.1, 0.15) is 5.82 Å². The molecule has 1 heterocycles. The highest BCUT2D eigenvalue weighted by molar-refractivity contribution is 6.30. The zero-order chi connectivity index (χ0) is 16.4. The molecule has 1 saturated carbocycles. The van der Waals surface area contributed by atoms with E-state index in [0.717, 1.165) is 64.0 Å². The molecule has 128 valence electrons. The maximum absolute atomic E-state index is 13.5. The lowest BCUT2D eigenvalue weighted by Crippen LogP contribution is -2.50. The van der Waals surface area contributed by atoms with Crippen LogP contribution in [0.4, 0.5) is 4.39 Å². The Hall–Kier alpha value is -0.680. The van der Waals surface area contributed by atoms with Gasteiger partial charge in [-0.2, -0.15) is 0 Å². The number of rotatable bonds is 3. The van der Waals surface area contributed by atoms with Crippen molar-refractivity contribution in [3.05, 3.63) is 34.6 Å². The number of nitrogens with zero attached hydrogens (tertiary/aromatic N) is 2. The Labute approximate surface area is 143 Å². The normalized spacial score (nSPS) is 30.5. The van der Waals surface area contributed by atoms with Crippen molar-refractivity contribution in [3.8, 4) is 0 Å². The van der Waals surface area contributed by atoms with Crippen molar-refractivity contribution in [2.45, 2.75) is 31.3 Å². The van der Waals surface area contributed by atoms with Crippen molar-refractivity contribution in [2.75, 3.05) is 39.8 Å². The quantitative estimate of drug-likeness (QED) is 0.916. The van der Waals surface area contributed by atoms with Crippen molar-refractivity contribution < 1.29 is 9.50 Å². The van der Waals surface area contributed by atoms with E-state index in [1.165, 1.54) is 6.07 Å². The SMILES string of the molecule is CN1CCN(CC2CCCCC2(O)c2ccc(F)c(Cl)c2)CC1. The molecule has 0 aromatic heterocycles. The average molecular weight is 341 g/mol. The average Bonchev–Trinajstić information content (AvgIpc) is 2.54. The Morgan fingerprint density at radius 2 is 2.00 bits per heavy atom. The number of aliphatic hydroxyl groups is 1. The molecule has 0 bridgehead atoms. The lowest BCUT2D eigenvalue weighted by atomic mass is 9.71. The second kappa shape index (κ2) is 7.06. The minimum atomic E-state index is -0.890. The molecule has 1 N–H and O–H groups in total. The molecule has 2 aliphatic rings. The van der Waals surface area contributed by atoms with E-state index < -0.39 is 11.4 Å². The first-order valence-corrected chi connectivity index (χ1v) is 8.95. The largest absolute Gasteiger partial charge is 0.385 e. The van der Waals surface area contributed by atoms with Gasteiger partial charge < -0.3 is 14.9 Å². The number of piperazine rings is 1. The molecule has 1 saturated heterocycles. The number of halogens is 2. The van der Waals surface area contributed by atoms with Crippen LogP contribution in [0.1, 0.15) is 31.2 Å². The molecule has 5 heteroatoms. The minimum absolute atomic E-state index is 0.0971. The fourth-order valence-electron chi connectivity index (χ4n) is 3.96. The molecular formula is C18H26ClFN2O. The molecule has 2 fully saturated rings. The highest BCUT2D eigenvalue weighted by atomic mass is 35.5. The van der Waals surface area contributed by atoms with E-state index in [9.17, 15) is 9.50 Å². The van der Waals surface area contributed by atoms with Crippen LogP contribution in [0, 0.1) is 11.7 Å². The van der Waals surface area contributed by atoms with Crippen LogP contribution in [0.5, 0.6) is 0 Å². The van der Waals surface area contributed by atoms with Gasteiger partial charge in [-0.1, -0.05) is 30.5 Å². The second-order valence-electron chi connectivity index (χ2n) is 7.10. The Morgan fingerprint density at radius 3 is 2.70 bits per heavy atom. The second-order valence-corrected chi connectivity index (χ2v) is 7.51. The molecule has 1 aliphatic carbocycles. The van der Waals surface area contributed by atoms with Crippen molar-refractivity contribution in [3.63, 3.8) is 0 Å². The van der Waals surface area contributed by atoms with Crippen molar-refractivity contribution in [1.29, 1.82) is 0 Å². The smallest absolute Gasteiger partial charge is 0.141 e. The van der Waals surface area contributed by atoms with Gasteiger partial charge in [0.15, 0.2) is 0 Å². The molecule has 3 rings (SSSR count). The molecule has 2 unspecified atom stereocenters. The number of hydrogen-bond donors (Lipinski definition) is 1. The van der Waals surface area contributed by atoms with Gasteiger partial charge in [0.2, 0.25) is 0 Å². The standard InChI is InChI=1S/C18H26ClFN2O/c1-21-8-10-22(11-9-21)13-15-4-2-3-7-18(15,23)14-5-6-17(20)16(19)12-14/h5-6,12,15,23H,2-4,7-11,13H2,1H3. The molecule has 23 heavy (non-hydrogen) atoms. The maximum atomic E-state index is 13.5. The van der Waals surface area contributed by atoms with E-state index in [4.69, 9.17) is 11.6 Å². The van der Waals surface area contributed by atoms with E-state index >= 15 is 0 Å². The van der Waals surface area contributed by atoms with E-state index in [1.807, 2.05) is 0 Å². The molecule has 1 aromatic rings. The molecular weight excluding hydrogens is 315 g/mol. The van der Waals surface area contributed by atoms with Crippen LogP contribution in [-0.4, -0.2) is 54.7 Å². The highest BCUT2D eigenvalue weighted by Crippen LogP contribution is 2.43. The first-order chi connectivity index (χ1) is 11.0. The summed E-state index contributed by atoms with van der Waals surface area (Å²) in [7, 11) is 2.15. The summed E-state index contributed by atoms with van der Waals surface area (Å²) in [6.07, 6.45) is 3.89. The molecule has 1 aromatic carbocycles. The van der Waals surface area contributed by atoms with Gasteiger partial charge in [-0.15, -0.1) is 0 Å².